The van der Waals surface area contributed by atoms with Gasteiger partial charge in [0.1, 0.15) is 5.75 Å². The van der Waals surface area contributed by atoms with Gasteiger partial charge in [-0.3, -0.25) is 9.89 Å². The molecule has 0 spiro atoms. The normalized spacial score (nSPS) is 11.1. The first-order valence-corrected chi connectivity index (χ1v) is 10.6. The van der Waals surface area contributed by atoms with Gasteiger partial charge in [-0.2, -0.15) is 5.10 Å². The lowest BCUT2D eigenvalue weighted by atomic mass is 9.96. The third-order valence-electron chi connectivity index (χ3n) is 5.51. The van der Waals surface area contributed by atoms with Crippen LogP contribution < -0.4 is 10.1 Å². The Hall–Kier alpha value is -3.60. The van der Waals surface area contributed by atoms with Crippen molar-refractivity contribution in [2.24, 2.45) is 0 Å². The van der Waals surface area contributed by atoms with E-state index in [9.17, 15) is 4.79 Å². The van der Waals surface area contributed by atoms with E-state index in [1.165, 1.54) is 5.56 Å². The van der Waals surface area contributed by atoms with Crippen LogP contribution in [-0.4, -0.2) is 23.2 Å². The van der Waals surface area contributed by atoms with E-state index in [-0.39, 0.29) is 5.91 Å². The second kappa shape index (κ2) is 9.04. The van der Waals surface area contributed by atoms with Crippen LogP contribution >= 0.6 is 0 Å². The lowest BCUT2D eigenvalue weighted by Gasteiger charge is -2.13. The third kappa shape index (κ3) is 4.61. The van der Waals surface area contributed by atoms with E-state index in [0.717, 1.165) is 33.3 Å². The number of nitrogens with zero attached hydrogens (tertiary/aromatic N) is 1. The summed E-state index contributed by atoms with van der Waals surface area (Å²) in [5.41, 5.74) is 5.35. The van der Waals surface area contributed by atoms with E-state index in [4.69, 9.17) is 4.74 Å². The highest BCUT2D eigenvalue weighted by atomic mass is 16.5. The van der Waals surface area contributed by atoms with Crippen LogP contribution in [-0.2, 0) is 11.2 Å². The topological polar surface area (TPSA) is 67.0 Å². The van der Waals surface area contributed by atoms with Gasteiger partial charge in [0.25, 0.3) is 0 Å². The van der Waals surface area contributed by atoms with Gasteiger partial charge in [-0.25, -0.2) is 0 Å². The number of aromatic amines is 1. The molecule has 0 saturated heterocycles. The summed E-state index contributed by atoms with van der Waals surface area (Å²) in [5.74, 6) is 1.77. The maximum absolute atomic E-state index is 12.4. The standard InChI is InChI=1S/C26H27N3O2/c1-17(2)19-11-13-24(31-3)22(15-19)20-10-12-21-23(16-20)28-29-26(21)27-25(30)14-9-18-7-5-4-6-8-18/h4-8,10-13,15-17H,9,14H2,1-3H3,(H2,27,28,29,30). The molecule has 1 aromatic heterocycles. The fraction of sp³-hybridized carbons (Fsp3) is 0.231. The van der Waals surface area contributed by atoms with Gasteiger partial charge in [0.2, 0.25) is 5.91 Å². The molecule has 0 saturated carbocycles. The van der Waals surface area contributed by atoms with Crippen molar-refractivity contribution in [3.63, 3.8) is 0 Å². The van der Waals surface area contributed by atoms with Crippen LogP contribution in [0.25, 0.3) is 22.0 Å². The Morgan fingerprint density at radius 1 is 1.06 bits per heavy atom. The molecule has 1 heterocycles. The molecular weight excluding hydrogens is 386 g/mol. The summed E-state index contributed by atoms with van der Waals surface area (Å²) in [4.78, 5) is 12.4. The Morgan fingerprint density at radius 2 is 1.87 bits per heavy atom. The summed E-state index contributed by atoms with van der Waals surface area (Å²) in [5, 5.41) is 11.2. The molecule has 0 fully saturated rings. The van der Waals surface area contributed by atoms with Crippen LogP contribution in [0.5, 0.6) is 5.75 Å². The SMILES string of the molecule is COc1ccc(C(C)C)cc1-c1ccc2c(NC(=O)CCc3ccccc3)n[nH]c2c1. The third-order valence-corrected chi connectivity index (χ3v) is 5.51. The van der Waals surface area contributed by atoms with Crippen LogP contribution in [0.1, 0.15) is 37.3 Å². The monoisotopic (exact) mass is 413 g/mol. The summed E-state index contributed by atoms with van der Waals surface area (Å²) in [6.45, 7) is 4.35. The number of anilines is 1. The predicted molar refractivity (Wildman–Crippen MR) is 126 cm³/mol. The summed E-state index contributed by atoms with van der Waals surface area (Å²) in [6.07, 6.45) is 1.11. The van der Waals surface area contributed by atoms with Gasteiger partial charge >= 0.3 is 0 Å². The number of fused-ring (bicyclic) bond motifs is 1. The van der Waals surface area contributed by atoms with Crippen molar-refractivity contribution in [3.8, 4) is 16.9 Å². The van der Waals surface area contributed by atoms with Gasteiger partial charge in [-0.15, -0.1) is 0 Å². The molecule has 0 aliphatic heterocycles. The van der Waals surface area contributed by atoms with Gasteiger partial charge in [-0.1, -0.05) is 56.3 Å². The number of hydrogen-bond acceptors (Lipinski definition) is 3. The molecule has 0 aliphatic rings. The number of carbonyl (C=O) groups is 1. The minimum Gasteiger partial charge on any atom is -0.496 e. The molecule has 0 bridgehead atoms. The zero-order chi connectivity index (χ0) is 21.8. The summed E-state index contributed by atoms with van der Waals surface area (Å²) in [6, 6.07) is 22.4. The predicted octanol–water partition coefficient (Wildman–Crippen LogP) is 5.93. The van der Waals surface area contributed by atoms with Crippen LogP contribution in [0.4, 0.5) is 5.82 Å². The first-order valence-electron chi connectivity index (χ1n) is 10.6. The molecule has 5 nitrogen and oxygen atoms in total. The van der Waals surface area contributed by atoms with Crippen molar-refractivity contribution in [2.75, 3.05) is 12.4 Å². The molecule has 4 aromatic rings. The van der Waals surface area contributed by atoms with E-state index in [1.54, 1.807) is 7.11 Å². The molecule has 2 N–H and O–H groups in total. The van der Waals surface area contributed by atoms with Gasteiger partial charge in [0.15, 0.2) is 5.82 Å². The van der Waals surface area contributed by atoms with E-state index in [1.807, 2.05) is 54.6 Å². The molecule has 3 aromatic carbocycles. The van der Waals surface area contributed by atoms with Crippen molar-refractivity contribution >= 4 is 22.6 Å². The van der Waals surface area contributed by atoms with Gasteiger partial charge in [0, 0.05) is 17.4 Å². The van der Waals surface area contributed by atoms with Crippen molar-refractivity contribution in [3.05, 3.63) is 77.9 Å². The Bertz CT molecular complexity index is 1200. The molecule has 158 valence electrons. The van der Waals surface area contributed by atoms with Gasteiger partial charge in [0.05, 0.1) is 12.6 Å². The highest BCUT2D eigenvalue weighted by molar-refractivity contribution is 6.00. The molecule has 0 atom stereocenters. The maximum Gasteiger partial charge on any atom is 0.225 e. The molecule has 1 amide bonds. The average Bonchev–Trinajstić information content (AvgIpc) is 3.19. The van der Waals surface area contributed by atoms with E-state index in [2.05, 4.69) is 41.5 Å². The first-order chi connectivity index (χ1) is 15.0. The quantitative estimate of drug-likeness (QED) is 0.394. The Labute approximate surface area is 182 Å². The highest BCUT2D eigenvalue weighted by Gasteiger charge is 2.13. The second-order valence-corrected chi connectivity index (χ2v) is 7.98. The molecule has 5 heteroatoms. The number of rotatable bonds is 7. The summed E-state index contributed by atoms with van der Waals surface area (Å²) >= 11 is 0. The van der Waals surface area contributed by atoms with Crippen molar-refractivity contribution in [1.82, 2.24) is 10.2 Å². The zero-order valence-corrected chi connectivity index (χ0v) is 18.1. The molecule has 0 unspecified atom stereocenters. The lowest BCUT2D eigenvalue weighted by Crippen LogP contribution is -2.12. The fourth-order valence-corrected chi connectivity index (χ4v) is 3.69. The number of aromatic nitrogens is 2. The second-order valence-electron chi connectivity index (χ2n) is 7.98. The molecule has 0 radical (unpaired) electrons. The smallest absolute Gasteiger partial charge is 0.225 e. The van der Waals surface area contributed by atoms with E-state index < -0.39 is 0 Å². The maximum atomic E-state index is 12.4. The lowest BCUT2D eigenvalue weighted by molar-refractivity contribution is -0.116. The Balaban J connectivity index is 1.55. The molecule has 31 heavy (non-hydrogen) atoms. The van der Waals surface area contributed by atoms with E-state index >= 15 is 0 Å². The van der Waals surface area contributed by atoms with Crippen LogP contribution in [0.3, 0.4) is 0 Å². The number of aryl methyl sites for hydroxylation is 1. The minimum atomic E-state index is -0.0485. The minimum absolute atomic E-state index is 0.0485. The number of ether oxygens (including phenoxy) is 1. The van der Waals surface area contributed by atoms with Crippen molar-refractivity contribution in [2.45, 2.75) is 32.6 Å². The summed E-state index contributed by atoms with van der Waals surface area (Å²) in [7, 11) is 1.69. The van der Waals surface area contributed by atoms with Crippen LogP contribution in [0.2, 0.25) is 0 Å². The Kier molecular flexibility index (Phi) is 6.03. The molecule has 0 aliphatic carbocycles. The van der Waals surface area contributed by atoms with E-state index in [0.29, 0.717) is 24.6 Å². The number of H-pyrrole nitrogens is 1. The zero-order valence-electron chi connectivity index (χ0n) is 18.1. The number of carbonyl (C=O) groups excluding carboxylic acids is 1. The van der Waals surface area contributed by atoms with Crippen LogP contribution in [0.15, 0.2) is 66.7 Å². The van der Waals surface area contributed by atoms with Crippen LogP contribution in [0, 0.1) is 0 Å². The number of methoxy groups -OCH3 is 1. The Morgan fingerprint density at radius 3 is 2.61 bits per heavy atom. The first kappa shape index (κ1) is 20.7. The number of benzene rings is 3. The van der Waals surface area contributed by atoms with Crippen molar-refractivity contribution < 1.29 is 9.53 Å². The average molecular weight is 414 g/mol. The largest absolute Gasteiger partial charge is 0.496 e. The molecular formula is C26H27N3O2. The molecule has 4 rings (SSSR count). The van der Waals surface area contributed by atoms with Crippen molar-refractivity contribution in [1.29, 1.82) is 0 Å². The fourth-order valence-electron chi connectivity index (χ4n) is 3.69. The van der Waals surface area contributed by atoms with Gasteiger partial charge < -0.3 is 10.1 Å². The number of hydrogen-bond donors (Lipinski definition) is 2. The highest BCUT2D eigenvalue weighted by Crippen LogP contribution is 2.35. The summed E-state index contributed by atoms with van der Waals surface area (Å²) < 4.78 is 5.58. The number of amides is 1. The number of nitrogens with one attached hydrogen (secondary N) is 2. The van der Waals surface area contributed by atoms with Gasteiger partial charge in [-0.05, 0) is 53.3 Å².